The number of hydrogen-bond donors (Lipinski definition) is 1. The number of amides is 1. The molecule has 1 fully saturated rings. The second kappa shape index (κ2) is 9.33. The Kier molecular flexibility index (Phi) is 8.11. The Bertz CT molecular complexity index is 615. The molecule has 1 aromatic rings. The van der Waals surface area contributed by atoms with Gasteiger partial charge >= 0.3 is 0 Å². The maximum atomic E-state index is 12.5. The zero-order chi connectivity index (χ0) is 16.9. The van der Waals surface area contributed by atoms with Gasteiger partial charge in [-0.25, -0.2) is 8.42 Å². The van der Waals surface area contributed by atoms with Crippen LogP contribution in [0.25, 0.3) is 0 Å². The van der Waals surface area contributed by atoms with E-state index in [1.165, 1.54) is 11.4 Å². The van der Waals surface area contributed by atoms with Crippen LogP contribution in [0.2, 0.25) is 0 Å². The van der Waals surface area contributed by atoms with E-state index < -0.39 is 10.0 Å². The molecule has 2 rings (SSSR count). The molecular weight excluding hydrogens is 354 g/mol. The van der Waals surface area contributed by atoms with Crippen LogP contribution in [0.1, 0.15) is 6.42 Å². The van der Waals surface area contributed by atoms with Crippen molar-refractivity contribution in [2.45, 2.75) is 17.4 Å². The Morgan fingerprint density at radius 1 is 1.21 bits per heavy atom. The van der Waals surface area contributed by atoms with Crippen LogP contribution >= 0.6 is 12.4 Å². The van der Waals surface area contributed by atoms with Crippen LogP contribution in [0.15, 0.2) is 35.2 Å². The predicted molar refractivity (Wildman–Crippen MR) is 93.5 cm³/mol. The van der Waals surface area contributed by atoms with Gasteiger partial charge in [0.05, 0.1) is 17.4 Å². The van der Waals surface area contributed by atoms with Crippen LogP contribution < -0.4 is 5.73 Å². The van der Waals surface area contributed by atoms with Crippen molar-refractivity contribution in [1.82, 2.24) is 9.21 Å². The minimum absolute atomic E-state index is 0. The topological polar surface area (TPSA) is 92.9 Å². The predicted octanol–water partition coefficient (Wildman–Crippen LogP) is 0.305. The molecule has 0 aliphatic carbocycles. The summed E-state index contributed by atoms with van der Waals surface area (Å²) in [6, 6.07) is 8.34. The molecule has 0 radical (unpaired) electrons. The van der Waals surface area contributed by atoms with E-state index in [1.54, 1.807) is 35.2 Å². The molecule has 24 heavy (non-hydrogen) atoms. The van der Waals surface area contributed by atoms with Gasteiger partial charge in [0.25, 0.3) is 0 Å². The summed E-state index contributed by atoms with van der Waals surface area (Å²) in [4.78, 5) is 14.1. The van der Waals surface area contributed by atoms with Gasteiger partial charge in [-0.3, -0.25) is 4.79 Å². The molecule has 1 aliphatic rings. The fourth-order valence-electron chi connectivity index (χ4n) is 2.51. The average molecular weight is 378 g/mol. The summed E-state index contributed by atoms with van der Waals surface area (Å²) in [5.41, 5.74) is 5.52. The molecule has 136 valence electrons. The van der Waals surface area contributed by atoms with Crippen LogP contribution in [-0.4, -0.2) is 69.5 Å². The van der Waals surface area contributed by atoms with Gasteiger partial charge in [0.15, 0.2) is 0 Å². The fraction of sp³-hybridized carbons (Fsp3) is 0.533. The third-order valence-electron chi connectivity index (χ3n) is 3.97. The van der Waals surface area contributed by atoms with E-state index in [1.807, 2.05) is 0 Å². The zero-order valence-corrected chi connectivity index (χ0v) is 15.3. The molecule has 7 nitrogen and oxygen atoms in total. The second-order valence-electron chi connectivity index (χ2n) is 5.40. The summed E-state index contributed by atoms with van der Waals surface area (Å²) in [6.45, 7) is 1.63. The van der Waals surface area contributed by atoms with Crippen molar-refractivity contribution >= 4 is 28.3 Å². The molecule has 9 heteroatoms. The molecular formula is C15H24ClN3O4S. The third kappa shape index (κ3) is 4.90. The van der Waals surface area contributed by atoms with Crippen molar-refractivity contribution in [3.8, 4) is 0 Å². The number of rotatable bonds is 6. The molecule has 1 amide bonds. The van der Waals surface area contributed by atoms with Crippen molar-refractivity contribution in [3.63, 3.8) is 0 Å². The van der Waals surface area contributed by atoms with Crippen molar-refractivity contribution in [3.05, 3.63) is 30.3 Å². The van der Waals surface area contributed by atoms with Crippen LogP contribution in [-0.2, 0) is 19.6 Å². The summed E-state index contributed by atoms with van der Waals surface area (Å²) in [6.07, 6.45) is -0.0769. The highest BCUT2D eigenvalue weighted by Crippen LogP contribution is 2.17. The van der Waals surface area contributed by atoms with Crippen LogP contribution in [0.3, 0.4) is 0 Å². The Balaban J connectivity index is 0.00000288. The number of benzene rings is 1. The Labute approximate surface area is 149 Å². The second-order valence-corrected chi connectivity index (χ2v) is 7.33. The number of halogens is 1. The van der Waals surface area contributed by atoms with Gasteiger partial charge in [0, 0.05) is 39.8 Å². The highest BCUT2D eigenvalue weighted by molar-refractivity contribution is 7.89. The molecule has 1 saturated heterocycles. The largest absolute Gasteiger partial charge is 0.380 e. The number of sulfonamides is 1. The SMILES string of the molecule is COC(CN)CC(=O)N1CCN(S(=O)(=O)c2ccccc2)CC1.Cl. The summed E-state index contributed by atoms with van der Waals surface area (Å²) in [7, 11) is -1.97. The lowest BCUT2D eigenvalue weighted by molar-refractivity contribution is -0.134. The lowest BCUT2D eigenvalue weighted by Crippen LogP contribution is -2.51. The minimum Gasteiger partial charge on any atom is -0.380 e. The molecule has 1 aromatic carbocycles. The molecule has 0 saturated carbocycles. The van der Waals surface area contributed by atoms with Gasteiger partial charge in [-0.2, -0.15) is 4.31 Å². The van der Waals surface area contributed by atoms with Crippen LogP contribution in [0.5, 0.6) is 0 Å². The molecule has 1 unspecified atom stereocenters. The number of nitrogens with zero attached hydrogens (tertiary/aromatic N) is 2. The molecule has 0 bridgehead atoms. The quantitative estimate of drug-likeness (QED) is 0.769. The molecule has 0 spiro atoms. The van der Waals surface area contributed by atoms with E-state index in [0.29, 0.717) is 26.2 Å². The Morgan fingerprint density at radius 2 is 1.79 bits per heavy atom. The van der Waals surface area contributed by atoms with E-state index in [2.05, 4.69) is 0 Å². The van der Waals surface area contributed by atoms with E-state index >= 15 is 0 Å². The summed E-state index contributed by atoms with van der Waals surface area (Å²) in [5.74, 6) is -0.0564. The molecule has 0 aromatic heterocycles. The number of ether oxygens (including phenoxy) is 1. The Hall–Kier alpha value is -1.19. The van der Waals surface area contributed by atoms with Crippen molar-refractivity contribution in [2.24, 2.45) is 5.73 Å². The number of hydrogen-bond acceptors (Lipinski definition) is 5. The van der Waals surface area contributed by atoms with Gasteiger partial charge in [-0.15, -0.1) is 12.4 Å². The van der Waals surface area contributed by atoms with Crippen molar-refractivity contribution < 1.29 is 17.9 Å². The highest BCUT2D eigenvalue weighted by Gasteiger charge is 2.30. The van der Waals surface area contributed by atoms with Crippen LogP contribution in [0, 0.1) is 0 Å². The minimum atomic E-state index is -3.49. The fourth-order valence-corrected chi connectivity index (χ4v) is 3.95. The average Bonchev–Trinajstić information content (AvgIpc) is 2.60. The first-order valence-electron chi connectivity index (χ1n) is 7.55. The number of nitrogens with two attached hydrogens (primary N) is 1. The normalized spacial score (nSPS) is 17.2. The monoisotopic (exact) mass is 377 g/mol. The Morgan fingerprint density at radius 3 is 2.29 bits per heavy atom. The lowest BCUT2D eigenvalue weighted by Gasteiger charge is -2.34. The maximum Gasteiger partial charge on any atom is 0.243 e. The van der Waals surface area contributed by atoms with Gasteiger partial charge in [-0.05, 0) is 12.1 Å². The first kappa shape index (κ1) is 20.9. The maximum absolute atomic E-state index is 12.5. The molecule has 1 heterocycles. The lowest BCUT2D eigenvalue weighted by atomic mass is 10.2. The van der Waals surface area contributed by atoms with Gasteiger partial charge in [0.2, 0.25) is 15.9 Å². The van der Waals surface area contributed by atoms with Crippen molar-refractivity contribution in [1.29, 1.82) is 0 Å². The van der Waals surface area contributed by atoms with Gasteiger partial charge in [0.1, 0.15) is 0 Å². The summed E-state index contributed by atoms with van der Waals surface area (Å²) < 4.78 is 31.6. The number of carbonyl (C=O) groups is 1. The summed E-state index contributed by atoms with van der Waals surface area (Å²) in [5, 5.41) is 0. The number of carbonyl (C=O) groups excluding carboxylic acids is 1. The molecule has 1 aliphatic heterocycles. The number of methoxy groups -OCH3 is 1. The van der Waals surface area contributed by atoms with Crippen molar-refractivity contribution in [2.75, 3.05) is 39.8 Å². The first-order valence-corrected chi connectivity index (χ1v) is 8.99. The van der Waals surface area contributed by atoms with E-state index in [-0.39, 0.29) is 42.3 Å². The summed E-state index contributed by atoms with van der Waals surface area (Å²) >= 11 is 0. The first-order chi connectivity index (χ1) is 11.0. The molecule has 1 atom stereocenters. The smallest absolute Gasteiger partial charge is 0.243 e. The highest BCUT2D eigenvalue weighted by atomic mass is 35.5. The van der Waals surface area contributed by atoms with Crippen LogP contribution in [0.4, 0.5) is 0 Å². The third-order valence-corrected chi connectivity index (χ3v) is 5.88. The van der Waals surface area contributed by atoms with E-state index in [0.717, 1.165) is 0 Å². The zero-order valence-electron chi connectivity index (χ0n) is 13.6. The van der Waals surface area contributed by atoms with Gasteiger partial charge in [-0.1, -0.05) is 18.2 Å². The molecule has 2 N–H and O–H groups in total. The van der Waals surface area contributed by atoms with E-state index in [9.17, 15) is 13.2 Å². The standard InChI is InChI=1S/C15H23N3O4S.ClH/c1-22-13(12-16)11-15(19)17-7-9-18(10-8-17)23(20,21)14-5-3-2-4-6-14;/h2-6,13H,7-12,16H2,1H3;1H. The number of piperazine rings is 1. The van der Waals surface area contributed by atoms with E-state index in [4.69, 9.17) is 10.5 Å². The van der Waals surface area contributed by atoms with Gasteiger partial charge < -0.3 is 15.4 Å².